The van der Waals surface area contributed by atoms with Gasteiger partial charge in [0.05, 0.1) is 5.69 Å². The average Bonchev–Trinajstić information content (AvgIpc) is 2.86. The van der Waals surface area contributed by atoms with E-state index in [9.17, 15) is 9.59 Å². The normalized spacial score (nSPS) is 11.0. The fourth-order valence-corrected chi connectivity index (χ4v) is 1.73. The van der Waals surface area contributed by atoms with Gasteiger partial charge in [0.15, 0.2) is 5.69 Å². The Hall–Kier alpha value is -2.83. The summed E-state index contributed by atoms with van der Waals surface area (Å²) in [6, 6.07) is 8.25. The second-order valence-corrected chi connectivity index (χ2v) is 5.63. The van der Waals surface area contributed by atoms with Crippen molar-refractivity contribution < 1.29 is 19.4 Å². The number of nitrogens with one attached hydrogen (secondary N) is 1. The lowest BCUT2D eigenvalue weighted by Gasteiger charge is -2.19. The third-order valence-corrected chi connectivity index (χ3v) is 2.56. The van der Waals surface area contributed by atoms with E-state index < -0.39 is 17.7 Å². The zero-order valence-corrected chi connectivity index (χ0v) is 12.5. The monoisotopic (exact) mass is 303 g/mol. The van der Waals surface area contributed by atoms with Crippen molar-refractivity contribution in [2.24, 2.45) is 0 Å². The van der Waals surface area contributed by atoms with Gasteiger partial charge in [-0.15, -0.1) is 0 Å². The second-order valence-electron chi connectivity index (χ2n) is 5.63. The lowest BCUT2D eigenvalue weighted by molar-refractivity contribution is 0.0634. The Morgan fingerprint density at radius 1 is 1.27 bits per heavy atom. The number of carbonyl (C=O) groups excluding carboxylic acids is 1. The Morgan fingerprint density at radius 2 is 2.00 bits per heavy atom. The third-order valence-electron chi connectivity index (χ3n) is 2.56. The number of amides is 1. The summed E-state index contributed by atoms with van der Waals surface area (Å²) >= 11 is 0. The maximum absolute atomic E-state index is 11.7. The van der Waals surface area contributed by atoms with Gasteiger partial charge in [0.1, 0.15) is 5.60 Å². The van der Waals surface area contributed by atoms with E-state index in [0.29, 0.717) is 11.4 Å². The lowest BCUT2D eigenvalue weighted by Crippen LogP contribution is -2.27. The van der Waals surface area contributed by atoms with Crippen molar-refractivity contribution >= 4 is 17.7 Å². The zero-order chi connectivity index (χ0) is 16.3. The topological polar surface area (TPSA) is 93.5 Å². The van der Waals surface area contributed by atoms with Gasteiger partial charge in [-0.25, -0.2) is 14.3 Å². The number of aromatic nitrogens is 2. The molecule has 1 amide bonds. The van der Waals surface area contributed by atoms with Gasteiger partial charge in [0, 0.05) is 11.9 Å². The summed E-state index contributed by atoms with van der Waals surface area (Å²) in [6.07, 6.45) is 0.979. The molecule has 0 aliphatic carbocycles. The predicted molar refractivity (Wildman–Crippen MR) is 80.4 cm³/mol. The summed E-state index contributed by atoms with van der Waals surface area (Å²) in [5.74, 6) is -1.10. The molecule has 2 aromatic rings. The molecule has 7 heteroatoms. The molecule has 116 valence electrons. The van der Waals surface area contributed by atoms with Crippen LogP contribution in [-0.2, 0) is 4.74 Å². The largest absolute Gasteiger partial charge is 0.476 e. The van der Waals surface area contributed by atoms with Crippen LogP contribution >= 0.6 is 0 Å². The number of anilines is 1. The van der Waals surface area contributed by atoms with Crippen LogP contribution in [0.3, 0.4) is 0 Å². The molecule has 0 bridgehead atoms. The SMILES string of the molecule is CC(C)(C)OC(=O)Nc1cccc(-n2ccc(C(=O)O)n2)c1. The molecule has 1 heterocycles. The molecule has 2 rings (SSSR count). The first-order chi connectivity index (χ1) is 10.2. The number of carboxylic acid groups (broad SMARTS) is 1. The van der Waals surface area contributed by atoms with Crippen molar-refractivity contribution in [1.82, 2.24) is 9.78 Å². The van der Waals surface area contributed by atoms with Crippen LogP contribution in [0.5, 0.6) is 0 Å². The maximum Gasteiger partial charge on any atom is 0.412 e. The number of nitrogens with zero attached hydrogens (tertiary/aromatic N) is 2. The first-order valence-corrected chi connectivity index (χ1v) is 6.64. The standard InChI is InChI=1S/C15H17N3O4/c1-15(2,3)22-14(21)16-10-5-4-6-11(9-10)18-8-7-12(17-18)13(19)20/h4-9H,1-3H3,(H,16,21)(H,19,20). The van der Waals surface area contributed by atoms with Gasteiger partial charge < -0.3 is 9.84 Å². The van der Waals surface area contributed by atoms with Crippen molar-refractivity contribution in [3.8, 4) is 5.69 Å². The smallest absolute Gasteiger partial charge is 0.412 e. The highest BCUT2D eigenvalue weighted by Crippen LogP contribution is 2.16. The van der Waals surface area contributed by atoms with Crippen LogP contribution in [0.15, 0.2) is 36.5 Å². The summed E-state index contributed by atoms with van der Waals surface area (Å²) in [4.78, 5) is 22.6. The minimum Gasteiger partial charge on any atom is -0.476 e. The number of carboxylic acids is 1. The van der Waals surface area contributed by atoms with Gasteiger partial charge >= 0.3 is 12.1 Å². The highest BCUT2D eigenvalue weighted by Gasteiger charge is 2.16. The number of ether oxygens (including phenoxy) is 1. The molecule has 0 radical (unpaired) electrons. The maximum atomic E-state index is 11.7. The first-order valence-electron chi connectivity index (χ1n) is 6.64. The number of hydrogen-bond acceptors (Lipinski definition) is 4. The van der Waals surface area contributed by atoms with E-state index in [0.717, 1.165) is 0 Å². The van der Waals surface area contributed by atoms with Crippen LogP contribution in [0.2, 0.25) is 0 Å². The number of carbonyl (C=O) groups is 2. The second kappa shape index (κ2) is 5.88. The molecule has 0 saturated heterocycles. The summed E-state index contributed by atoms with van der Waals surface area (Å²) in [6.45, 7) is 5.33. The van der Waals surface area contributed by atoms with Crippen LogP contribution in [0.25, 0.3) is 5.69 Å². The molecule has 1 aromatic heterocycles. The van der Waals surface area contributed by atoms with Gasteiger partial charge in [0.2, 0.25) is 0 Å². The minimum absolute atomic E-state index is 0.0505. The molecule has 0 fully saturated rings. The molecule has 1 aromatic carbocycles. The van der Waals surface area contributed by atoms with Crippen molar-refractivity contribution in [3.05, 3.63) is 42.2 Å². The zero-order valence-electron chi connectivity index (χ0n) is 12.5. The summed E-state index contributed by atoms with van der Waals surface area (Å²) in [5, 5.41) is 15.4. The van der Waals surface area contributed by atoms with Gasteiger partial charge in [-0.2, -0.15) is 5.10 Å². The van der Waals surface area contributed by atoms with Gasteiger partial charge in [0.25, 0.3) is 0 Å². The van der Waals surface area contributed by atoms with Crippen molar-refractivity contribution in [2.75, 3.05) is 5.32 Å². The Kier molecular flexibility index (Phi) is 4.16. The molecule has 0 spiro atoms. The van der Waals surface area contributed by atoms with Crippen LogP contribution in [-0.4, -0.2) is 32.6 Å². The molecule has 22 heavy (non-hydrogen) atoms. The van der Waals surface area contributed by atoms with E-state index in [4.69, 9.17) is 9.84 Å². The molecule has 0 atom stereocenters. The third kappa shape index (κ3) is 4.08. The van der Waals surface area contributed by atoms with Crippen LogP contribution in [0, 0.1) is 0 Å². The van der Waals surface area contributed by atoms with Crippen LogP contribution in [0.4, 0.5) is 10.5 Å². The molecular weight excluding hydrogens is 286 g/mol. The van der Waals surface area contributed by atoms with E-state index in [1.54, 1.807) is 45.0 Å². The predicted octanol–water partition coefficient (Wildman–Crippen LogP) is 2.92. The summed E-state index contributed by atoms with van der Waals surface area (Å²) in [5.41, 5.74) is 0.519. The van der Waals surface area contributed by atoms with Gasteiger partial charge in [-0.1, -0.05) is 6.07 Å². The quantitative estimate of drug-likeness (QED) is 0.909. The van der Waals surface area contributed by atoms with E-state index in [2.05, 4.69) is 10.4 Å². The van der Waals surface area contributed by atoms with Crippen molar-refractivity contribution in [2.45, 2.75) is 26.4 Å². The van der Waals surface area contributed by atoms with Crippen molar-refractivity contribution in [3.63, 3.8) is 0 Å². The molecule has 0 unspecified atom stereocenters. The van der Waals surface area contributed by atoms with Crippen LogP contribution < -0.4 is 5.32 Å². The molecule has 0 aliphatic heterocycles. The first kappa shape index (κ1) is 15.6. The van der Waals surface area contributed by atoms with E-state index in [-0.39, 0.29) is 5.69 Å². The number of hydrogen-bond donors (Lipinski definition) is 2. The highest BCUT2D eigenvalue weighted by atomic mass is 16.6. The highest BCUT2D eigenvalue weighted by molar-refractivity contribution is 5.86. The fraction of sp³-hybridized carbons (Fsp3) is 0.267. The minimum atomic E-state index is -1.10. The number of benzene rings is 1. The molecule has 7 nitrogen and oxygen atoms in total. The molecular formula is C15H17N3O4. The van der Waals surface area contributed by atoms with Crippen molar-refractivity contribution in [1.29, 1.82) is 0 Å². The number of aromatic carboxylic acids is 1. The van der Waals surface area contributed by atoms with E-state index in [1.165, 1.54) is 16.9 Å². The van der Waals surface area contributed by atoms with Gasteiger partial charge in [-0.05, 0) is 45.0 Å². The lowest BCUT2D eigenvalue weighted by atomic mass is 10.2. The average molecular weight is 303 g/mol. The Bertz CT molecular complexity index is 701. The Balaban J connectivity index is 2.16. The summed E-state index contributed by atoms with van der Waals surface area (Å²) in [7, 11) is 0. The Labute approximate surface area is 127 Å². The van der Waals surface area contributed by atoms with Crippen LogP contribution in [0.1, 0.15) is 31.3 Å². The number of rotatable bonds is 3. The molecule has 0 saturated carbocycles. The van der Waals surface area contributed by atoms with Gasteiger partial charge in [-0.3, -0.25) is 5.32 Å². The molecule has 0 aliphatic rings. The fourth-order valence-electron chi connectivity index (χ4n) is 1.73. The van der Waals surface area contributed by atoms with E-state index >= 15 is 0 Å². The molecule has 2 N–H and O–H groups in total. The summed E-state index contributed by atoms with van der Waals surface area (Å²) < 4.78 is 6.59. The Morgan fingerprint density at radius 3 is 2.59 bits per heavy atom. The van der Waals surface area contributed by atoms with E-state index in [1.807, 2.05) is 0 Å².